The van der Waals surface area contributed by atoms with Gasteiger partial charge in [0.1, 0.15) is 5.82 Å². The van der Waals surface area contributed by atoms with Gasteiger partial charge in [0.2, 0.25) is 5.91 Å². The van der Waals surface area contributed by atoms with Crippen molar-refractivity contribution in [3.05, 3.63) is 22.7 Å². The first kappa shape index (κ1) is 10.5. The third-order valence-corrected chi connectivity index (χ3v) is 2.84. The molecule has 5 heteroatoms. The summed E-state index contributed by atoms with van der Waals surface area (Å²) in [5.41, 5.74) is 0. The molecule has 1 fully saturated rings. The molecule has 2 heterocycles. The van der Waals surface area contributed by atoms with Crippen LogP contribution in [0.2, 0.25) is 0 Å². The Morgan fingerprint density at radius 1 is 1.33 bits per heavy atom. The van der Waals surface area contributed by atoms with E-state index in [-0.39, 0.29) is 5.91 Å². The third-order valence-electron chi connectivity index (χ3n) is 2.43. The minimum atomic E-state index is 0.216. The SMILES string of the molecule is O=C1CCCCN1Cc1ncc(Br)cn1. The van der Waals surface area contributed by atoms with E-state index in [1.165, 1.54) is 0 Å². The maximum Gasteiger partial charge on any atom is 0.222 e. The zero-order valence-electron chi connectivity index (χ0n) is 8.32. The van der Waals surface area contributed by atoms with Gasteiger partial charge in [0.05, 0.1) is 11.0 Å². The Balaban J connectivity index is 2.01. The van der Waals surface area contributed by atoms with E-state index in [4.69, 9.17) is 0 Å². The molecule has 1 aromatic heterocycles. The highest BCUT2D eigenvalue weighted by molar-refractivity contribution is 9.10. The summed E-state index contributed by atoms with van der Waals surface area (Å²) in [7, 11) is 0. The fourth-order valence-corrected chi connectivity index (χ4v) is 1.83. The first-order valence-corrected chi connectivity index (χ1v) is 5.79. The monoisotopic (exact) mass is 269 g/mol. The molecule has 0 saturated carbocycles. The minimum absolute atomic E-state index is 0.216. The molecule has 4 nitrogen and oxygen atoms in total. The Labute approximate surface area is 96.8 Å². The molecule has 1 aliphatic rings. The van der Waals surface area contributed by atoms with Crippen LogP contribution >= 0.6 is 15.9 Å². The molecule has 0 aliphatic carbocycles. The van der Waals surface area contributed by atoms with Crippen molar-refractivity contribution in [2.75, 3.05) is 6.54 Å². The van der Waals surface area contributed by atoms with Gasteiger partial charge < -0.3 is 4.90 Å². The lowest BCUT2D eigenvalue weighted by molar-refractivity contribution is -0.134. The standard InChI is InChI=1S/C10H12BrN3O/c11-8-5-12-9(13-6-8)7-14-4-2-1-3-10(14)15/h5-6H,1-4,7H2. The Kier molecular flexibility index (Phi) is 3.30. The van der Waals surface area contributed by atoms with Crippen LogP contribution in [0.5, 0.6) is 0 Å². The normalized spacial score (nSPS) is 16.9. The van der Waals surface area contributed by atoms with Gasteiger partial charge in [0.25, 0.3) is 0 Å². The van der Waals surface area contributed by atoms with Crippen molar-refractivity contribution in [1.82, 2.24) is 14.9 Å². The molecular formula is C10H12BrN3O. The van der Waals surface area contributed by atoms with Crippen molar-refractivity contribution in [3.63, 3.8) is 0 Å². The van der Waals surface area contributed by atoms with Crippen LogP contribution in [0, 0.1) is 0 Å². The molecule has 0 spiro atoms. The smallest absolute Gasteiger partial charge is 0.222 e. The topological polar surface area (TPSA) is 46.1 Å². The molecule has 0 atom stereocenters. The molecule has 1 amide bonds. The maximum atomic E-state index is 11.5. The lowest BCUT2D eigenvalue weighted by atomic mass is 10.1. The van der Waals surface area contributed by atoms with Crippen molar-refractivity contribution < 1.29 is 4.79 Å². The third kappa shape index (κ3) is 2.75. The number of hydrogen-bond donors (Lipinski definition) is 0. The number of amides is 1. The summed E-state index contributed by atoms with van der Waals surface area (Å²) >= 11 is 3.28. The fourth-order valence-electron chi connectivity index (χ4n) is 1.62. The number of halogens is 1. The van der Waals surface area contributed by atoms with Crippen LogP contribution in [0.3, 0.4) is 0 Å². The number of hydrogen-bond acceptors (Lipinski definition) is 3. The molecule has 15 heavy (non-hydrogen) atoms. The van der Waals surface area contributed by atoms with Gasteiger partial charge in [0, 0.05) is 25.4 Å². The summed E-state index contributed by atoms with van der Waals surface area (Å²) in [5, 5.41) is 0. The highest BCUT2D eigenvalue weighted by Gasteiger charge is 2.18. The molecule has 1 aromatic rings. The Morgan fingerprint density at radius 2 is 2.07 bits per heavy atom. The number of carbonyl (C=O) groups excluding carboxylic acids is 1. The second-order valence-electron chi connectivity index (χ2n) is 3.59. The maximum absolute atomic E-state index is 11.5. The predicted molar refractivity (Wildman–Crippen MR) is 59.0 cm³/mol. The van der Waals surface area contributed by atoms with Crippen molar-refractivity contribution in [1.29, 1.82) is 0 Å². The van der Waals surface area contributed by atoms with Gasteiger partial charge in [-0.05, 0) is 28.8 Å². The second-order valence-corrected chi connectivity index (χ2v) is 4.51. The van der Waals surface area contributed by atoms with Crippen LogP contribution in [0.15, 0.2) is 16.9 Å². The van der Waals surface area contributed by atoms with E-state index < -0.39 is 0 Å². The van der Waals surface area contributed by atoms with Gasteiger partial charge in [-0.1, -0.05) is 0 Å². The molecule has 80 valence electrons. The van der Waals surface area contributed by atoms with E-state index in [1.807, 2.05) is 4.90 Å². The summed E-state index contributed by atoms with van der Waals surface area (Å²) < 4.78 is 0.858. The van der Waals surface area contributed by atoms with E-state index >= 15 is 0 Å². The predicted octanol–water partition coefficient (Wildman–Crippen LogP) is 1.75. The summed E-state index contributed by atoms with van der Waals surface area (Å²) in [6.45, 7) is 1.37. The molecule has 0 N–H and O–H groups in total. The Bertz CT molecular complexity index is 352. The van der Waals surface area contributed by atoms with Crippen LogP contribution < -0.4 is 0 Å². The zero-order valence-corrected chi connectivity index (χ0v) is 9.90. The minimum Gasteiger partial charge on any atom is -0.335 e. The van der Waals surface area contributed by atoms with E-state index in [1.54, 1.807) is 12.4 Å². The molecule has 0 radical (unpaired) electrons. The van der Waals surface area contributed by atoms with Crippen molar-refractivity contribution >= 4 is 21.8 Å². The molecule has 2 rings (SSSR count). The van der Waals surface area contributed by atoms with Crippen molar-refractivity contribution in [3.8, 4) is 0 Å². The van der Waals surface area contributed by atoms with E-state index in [2.05, 4.69) is 25.9 Å². The summed E-state index contributed by atoms with van der Waals surface area (Å²) in [5.74, 6) is 0.918. The lowest BCUT2D eigenvalue weighted by Gasteiger charge is -2.25. The lowest BCUT2D eigenvalue weighted by Crippen LogP contribution is -2.35. The van der Waals surface area contributed by atoms with Gasteiger partial charge in [-0.3, -0.25) is 4.79 Å². The number of likely N-dealkylation sites (tertiary alicyclic amines) is 1. The van der Waals surface area contributed by atoms with E-state index in [0.717, 1.165) is 23.9 Å². The van der Waals surface area contributed by atoms with E-state index in [9.17, 15) is 4.79 Å². The van der Waals surface area contributed by atoms with Gasteiger partial charge in [-0.25, -0.2) is 9.97 Å². The number of aromatic nitrogens is 2. The number of piperidine rings is 1. The Morgan fingerprint density at radius 3 is 2.73 bits per heavy atom. The summed E-state index contributed by atoms with van der Waals surface area (Å²) in [6, 6.07) is 0. The first-order valence-electron chi connectivity index (χ1n) is 5.00. The van der Waals surface area contributed by atoms with Crippen molar-refractivity contribution in [2.24, 2.45) is 0 Å². The summed E-state index contributed by atoms with van der Waals surface area (Å²) in [6.07, 6.45) is 6.17. The van der Waals surface area contributed by atoms with Crippen molar-refractivity contribution in [2.45, 2.75) is 25.8 Å². The zero-order chi connectivity index (χ0) is 10.7. The average Bonchev–Trinajstić information content (AvgIpc) is 2.25. The number of nitrogens with zero attached hydrogens (tertiary/aromatic N) is 3. The average molecular weight is 270 g/mol. The van der Waals surface area contributed by atoms with Crippen LogP contribution in [0.1, 0.15) is 25.1 Å². The van der Waals surface area contributed by atoms with Crippen LogP contribution in [-0.2, 0) is 11.3 Å². The quantitative estimate of drug-likeness (QED) is 0.822. The second kappa shape index (κ2) is 4.70. The van der Waals surface area contributed by atoms with Crippen LogP contribution in [-0.4, -0.2) is 27.3 Å². The molecule has 0 unspecified atom stereocenters. The molecule has 0 bridgehead atoms. The molecule has 1 saturated heterocycles. The Hall–Kier alpha value is -0.970. The highest BCUT2D eigenvalue weighted by atomic mass is 79.9. The molecule has 1 aliphatic heterocycles. The summed E-state index contributed by atoms with van der Waals surface area (Å²) in [4.78, 5) is 21.7. The largest absolute Gasteiger partial charge is 0.335 e. The van der Waals surface area contributed by atoms with Gasteiger partial charge in [-0.2, -0.15) is 0 Å². The first-order chi connectivity index (χ1) is 7.25. The van der Waals surface area contributed by atoms with Gasteiger partial charge in [-0.15, -0.1) is 0 Å². The molecular weight excluding hydrogens is 258 g/mol. The number of rotatable bonds is 2. The van der Waals surface area contributed by atoms with Crippen LogP contribution in [0.25, 0.3) is 0 Å². The van der Waals surface area contributed by atoms with E-state index in [0.29, 0.717) is 18.8 Å². The number of carbonyl (C=O) groups is 1. The van der Waals surface area contributed by atoms with Crippen LogP contribution in [0.4, 0.5) is 0 Å². The fraction of sp³-hybridized carbons (Fsp3) is 0.500. The van der Waals surface area contributed by atoms with Gasteiger partial charge in [0.15, 0.2) is 0 Å². The molecule has 0 aromatic carbocycles. The highest BCUT2D eigenvalue weighted by Crippen LogP contribution is 2.13. The van der Waals surface area contributed by atoms with Gasteiger partial charge >= 0.3 is 0 Å².